The maximum Gasteiger partial charge on any atom is 0.160 e. The van der Waals surface area contributed by atoms with Gasteiger partial charge in [0.1, 0.15) is 0 Å². The average molecular weight is 222 g/mol. The Bertz CT molecular complexity index is 332. The van der Waals surface area contributed by atoms with Crippen LogP contribution < -0.4 is 0 Å². The van der Waals surface area contributed by atoms with E-state index in [1.807, 2.05) is 6.07 Å². The molecule has 2 N–H and O–H groups in total. The molecule has 0 saturated carbocycles. The molecule has 0 radical (unpaired) electrons. The van der Waals surface area contributed by atoms with Gasteiger partial charge in [-0.3, -0.25) is 0 Å². The number of aromatic hydroxyl groups is 2. The highest BCUT2D eigenvalue weighted by atomic mass is 16.3. The van der Waals surface area contributed by atoms with Crippen LogP contribution in [0.25, 0.3) is 0 Å². The number of unbranched alkanes of at least 4 members (excludes halogenated alkanes) is 2. The summed E-state index contributed by atoms with van der Waals surface area (Å²) in [6.07, 6.45) is 6.26. The Morgan fingerprint density at radius 3 is 2.31 bits per heavy atom. The zero-order valence-corrected chi connectivity index (χ0v) is 10.3. The third kappa shape index (κ3) is 3.44. The first-order chi connectivity index (χ1) is 7.69. The van der Waals surface area contributed by atoms with E-state index in [2.05, 4.69) is 13.8 Å². The van der Waals surface area contributed by atoms with Crippen LogP contribution in [0.3, 0.4) is 0 Å². The van der Waals surface area contributed by atoms with Gasteiger partial charge in [-0.25, -0.2) is 0 Å². The summed E-state index contributed by atoms with van der Waals surface area (Å²) in [6, 6.07) is 3.69. The summed E-state index contributed by atoms with van der Waals surface area (Å²) >= 11 is 0. The van der Waals surface area contributed by atoms with Gasteiger partial charge in [0.2, 0.25) is 0 Å². The van der Waals surface area contributed by atoms with Gasteiger partial charge in [0, 0.05) is 0 Å². The number of hydrogen-bond acceptors (Lipinski definition) is 2. The SMILES string of the molecule is CCCCCc1cc(CCC)cc(O)c1O. The third-order valence-corrected chi connectivity index (χ3v) is 2.82. The Morgan fingerprint density at radius 2 is 1.69 bits per heavy atom. The fourth-order valence-electron chi connectivity index (χ4n) is 1.93. The van der Waals surface area contributed by atoms with Crippen molar-refractivity contribution in [2.75, 3.05) is 0 Å². The van der Waals surface area contributed by atoms with Crippen LogP contribution in [-0.2, 0) is 12.8 Å². The van der Waals surface area contributed by atoms with Crippen molar-refractivity contribution >= 4 is 0 Å². The molecule has 0 bridgehead atoms. The number of aryl methyl sites for hydroxylation is 2. The van der Waals surface area contributed by atoms with Crippen molar-refractivity contribution < 1.29 is 10.2 Å². The van der Waals surface area contributed by atoms with Crippen LogP contribution in [0, 0.1) is 0 Å². The van der Waals surface area contributed by atoms with E-state index in [9.17, 15) is 10.2 Å². The summed E-state index contributed by atoms with van der Waals surface area (Å²) in [5, 5.41) is 19.4. The Morgan fingerprint density at radius 1 is 0.938 bits per heavy atom. The summed E-state index contributed by atoms with van der Waals surface area (Å²) in [4.78, 5) is 0. The minimum Gasteiger partial charge on any atom is -0.504 e. The second kappa shape index (κ2) is 6.41. The van der Waals surface area contributed by atoms with E-state index < -0.39 is 0 Å². The second-order valence-corrected chi connectivity index (χ2v) is 4.33. The van der Waals surface area contributed by atoms with E-state index in [-0.39, 0.29) is 11.5 Å². The summed E-state index contributed by atoms with van der Waals surface area (Å²) < 4.78 is 0. The smallest absolute Gasteiger partial charge is 0.160 e. The molecule has 90 valence electrons. The van der Waals surface area contributed by atoms with Crippen molar-refractivity contribution in [3.8, 4) is 11.5 Å². The van der Waals surface area contributed by atoms with Gasteiger partial charge in [-0.2, -0.15) is 0 Å². The number of rotatable bonds is 6. The summed E-state index contributed by atoms with van der Waals surface area (Å²) in [5.41, 5.74) is 2.00. The monoisotopic (exact) mass is 222 g/mol. The molecule has 0 saturated heterocycles. The molecule has 0 aliphatic carbocycles. The molecule has 0 aliphatic rings. The normalized spacial score (nSPS) is 10.6. The van der Waals surface area contributed by atoms with Crippen LogP contribution in [0.5, 0.6) is 11.5 Å². The predicted octanol–water partition coefficient (Wildman–Crippen LogP) is 3.78. The van der Waals surface area contributed by atoms with E-state index in [0.717, 1.165) is 43.2 Å². The first-order valence-corrected chi connectivity index (χ1v) is 6.22. The van der Waals surface area contributed by atoms with Gasteiger partial charge >= 0.3 is 0 Å². The van der Waals surface area contributed by atoms with Crippen molar-refractivity contribution in [1.82, 2.24) is 0 Å². The molecule has 0 heterocycles. The number of benzene rings is 1. The molecule has 1 aromatic carbocycles. The van der Waals surface area contributed by atoms with Crippen LogP contribution in [0.15, 0.2) is 12.1 Å². The molecule has 1 rings (SSSR count). The highest BCUT2D eigenvalue weighted by molar-refractivity contribution is 5.47. The van der Waals surface area contributed by atoms with E-state index in [4.69, 9.17) is 0 Å². The largest absolute Gasteiger partial charge is 0.504 e. The van der Waals surface area contributed by atoms with Gasteiger partial charge in [-0.15, -0.1) is 0 Å². The molecule has 0 spiro atoms. The first-order valence-electron chi connectivity index (χ1n) is 6.22. The molecule has 0 fully saturated rings. The van der Waals surface area contributed by atoms with E-state index in [1.54, 1.807) is 6.07 Å². The summed E-state index contributed by atoms with van der Waals surface area (Å²) in [7, 11) is 0. The Balaban J connectivity index is 2.79. The molecule has 2 heteroatoms. The fraction of sp³-hybridized carbons (Fsp3) is 0.571. The van der Waals surface area contributed by atoms with Crippen molar-refractivity contribution in [3.05, 3.63) is 23.3 Å². The standard InChI is InChI=1S/C14H22O2/c1-3-5-6-8-12-9-11(7-4-2)10-13(15)14(12)16/h9-10,15-16H,3-8H2,1-2H3. The molecule has 0 amide bonds. The second-order valence-electron chi connectivity index (χ2n) is 4.33. The van der Waals surface area contributed by atoms with Crippen LogP contribution in [0.2, 0.25) is 0 Å². The van der Waals surface area contributed by atoms with Crippen molar-refractivity contribution in [1.29, 1.82) is 0 Å². The van der Waals surface area contributed by atoms with Crippen LogP contribution in [-0.4, -0.2) is 10.2 Å². The van der Waals surface area contributed by atoms with Gasteiger partial charge in [0.05, 0.1) is 0 Å². The molecule has 0 atom stereocenters. The lowest BCUT2D eigenvalue weighted by molar-refractivity contribution is 0.398. The van der Waals surface area contributed by atoms with Gasteiger partial charge < -0.3 is 10.2 Å². The topological polar surface area (TPSA) is 40.5 Å². The Hall–Kier alpha value is -1.18. The van der Waals surface area contributed by atoms with Crippen LogP contribution >= 0.6 is 0 Å². The molecule has 2 nitrogen and oxygen atoms in total. The molecule has 0 aromatic heterocycles. The lowest BCUT2D eigenvalue weighted by Crippen LogP contribution is -1.91. The minimum atomic E-state index is 0.0254. The van der Waals surface area contributed by atoms with Crippen molar-refractivity contribution in [2.24, 2.45) is 0 Å². The van der Waals surface area contributed by atoms with E-state index in [0.29, 0.717) is 0 Å². The predicted molar refractivity (Wildman–Crippen MR) is 67.0 cm³/mol. The molecular weight excluding hydrogens is 200 g/mol. The highest BCUT2D eigenvalue weighted by Crippen LogP contribution is 2.32. The van der Waals surface area contributed by atoms with Crippen molar-refractivity contribution in [3.63, 3.8) is 0 Å². The van der Waals surface area contributed by atoms with E-state index in [1.165, 1.54) is 6.42 Å². The van der Waals surface area contributed by atoms with Crippen LogP contribution in [0.4, 0.5) is 0 Å². The Labute approximate surface area is 97.9 Å². The fourth-order valence-corrected chi connectivity index (χ4v) is 1.93. The average Bonchev–Trinajstić information content (AvgIpc) is 2.25. The van der Waals surface area contributed by atoms with Gasteiger partial charge in [0.25, 0.3) is 0 Å². The maximum atomic E-state index is 9.74. The molecule has 0 unspecified atom stereocenters. The lowest BCUT2D eigenvalue weighted by atomic mass is 10.0. The highest BCUT2D eigenvalue weighted by Gasteiger charge is 2.08. The molecule has 0 aliphatic heterocycles. The first kappa shape index (κ1) is 12.9. The zero-order chi connectivity index (χ0) is 12.0. The zero-order valence-electron chi connectivity index (χ0n) is 10.3. The maximum absolute atomic E-state index is 9.74. The molecule has 16 heavy (non-hydrogen) atoms. The van der Waals surface area contributed by atoms with Crippen molar-refractivity contribution in [2.45, 2.75) is 52.4 Å². The van der Waals surface area contributed by atoms with Crippen LogP contribution in [0.1, 0.15) is 50.7 Å². The van der Waals surface area contributed by atoms with E-state index >= 15 is 0 Å². The number of hydrogen-bond donors (Lipinski definition) is 2. The third-order valence-electron chi connectivity index (χ3n) is 2.82. The lowest BCUT2D eigenvalue weighted by Gasteiger charge is -2.09. The molecule has 1 aromatic rings. The Kier molecular flexibility index (Phi) is 5.17. The number of phenolic OH excluding ortho intramolecular Hbond substituents is 2. The van der Waals surface area contributed by atoms with Gasteiger partial charge in [-0.05, 0) is 36.5 Å². The summed E-state index contributed by atoms with van der Waals surface area (Å²) in [5.74, 6) is 0.0911. The molecular formula is C14H22O2. The minimum absolute atomic E-state index is 0.0254. The quantitative estimate of drug-likeness (QED) is 0.568. The van der Waals surface area contributed by atoms with Gasteiger partial charge in [-0.1, -0.05) is 39.2 Å². The van der Waals surface area contributed by atoms with Gasteiger partial charge in [0.15, 0.2) is 11.5 Å². The number of phenols is 2. The summed E-state index contributed by atoms with van der Waals surface area (Å²) in [6.45, 7) is 4.27.